The highest BCUT2D eigenvalue weighted by atomic mass is 16.2. The van der Waals surface area contributed by atoms with Gasteiger partial charge in [-0.2, -0.15) is 0 Å². The quantitative estimate of drug-likeness (QED) is 0.841. The van der Waals surface area contributed by atoms with Crippen molar-refractivity contribution in [3.8, 4) is 11.8 Å². The van der Waals surface area contributed by atoms with E-state index in [1.807, 2.05) is 19.1 Å². The molecule has 0 aliphatic heterocycles. The molecule has 1 aromatic heterocycles. The summed E-state index contributed by atoms with van der Waals surface area (Å²) in [5.41, 5.74) is 3.16. The number of aromatic nitrogens is 1. The van der Waals surface area contributed by atoms with Gasteiger partial charge in [0.1, 0.15) is 6.61 Å². The summed E-state index contributed by atoms with van der Waals surface area (Å²) in [7, 11) is 0. The molecule has 21 heavy (non-hydrogen) atoms. The van der Waals surface area contributed by atoms with E-state index in [0.717, 1.165) is 11.1 Å². The summed E-state index contributed by atoms with van der Waals surface area (Å²) < 4.78 is 0. The minimum Gasteiger partial charge on any atom is -0.384 e. The highest BCUT2D eigenvalue weighted by molar-refractivity contribution is 5.96. The molecule has 0 aliphatic rings. The second kappa shape index (κ2) is 7.22. The smallest absolute Gasteiger partial charge is 0.252 e. The van der Waals surface area contributed by atoms with Crippen molar-refractivity contribution in [1.82, 2.24) is 10.3 Å². The molecular formula is C17H16N2O2. The molecule has 2 N–H and O–H groups in total. The first-order chi connectivity index (χ1) is 10.2. The van der Waals surface area contributed by atoms with E-state index >= 15 is 0 Å². The molecule has 0 atom stereocenters. The number of carbonyl (C=O) groups is 1. The van der Waals surface area contributed by atoms with Crippen LogP contribution in [0.3, 0.4) is 0 Å². The van der Waals surface area contributed by atoms with Crippen molar-refractivity contribution in [3.63, 3.8) is 0 Å². The second-order valence-corrected chi connectivity index (χ2v) is 4.49. The lowest BCUT2D eigenvalue weighted by Crippen LogP contribution is -2.24. The Morgan fingerprint density at radius 2 is 2.14 bits per heavy atom. The fourth-order valence-corrected chi connectivity index (χ4v) is 1.88. The SMILES string of the molecule is Cc1ccncc1CNC(=O)c1ccccc1C#CCO. The third-order valence-electron chi connectivity index (χ3n) is 3.06. The minimum atomic E-state index is -0.231. The van der Waals surface area contributed by atoms with Gasteiger partial charge in [-0.25, -0.2) is 0 Å². The molecule has 0 radical (unpaired) electrons. The molecule has 0 bridgehead atoms. The summed E-state index contributed by atoms with van der Waals surface area (Å²) in [5, 5.41) is 11.6. The van der Waals surface area contributed by atoms with Crippen molar-refractivity contribution in [1.29, 1.82) is 0 Å². The van der Waals surface area contributed by atoms with Crippen LogP contribution in [0, 0.1) is 18.8 Å². The number of amides is 1. The third kappa shape index (κ3) is 3.91. The van der Waals surface area contributed by atoms with E-state index in [-0.39, 0.29) is 12.5 Å². The van der Waals surface area contributed by atoms with E-state index in [2.05, 4.69) is 22.1 Å². The van der Waals surface area contributed by atoms with Crippen molar-refractivity contribution in [2.24, 2.45) is 0 Å². The molecule has 1 amide bonds. The Hall–Kier alpha value is -2.64. The van der Waals surface area contributed by atoms with Gasteiger partial charge in [-0.1, -0.05) is 24.0 Å². The topological polar surface area (TPSA) is 62.2 Å². The molecular weight excluding hydrogens is 264 g/mol. The Balaban J connectivity index is 2.12. The van der Waals surface area contributed by atoms with Gasteiger partial charge in [0.2, 0.25) is 0 Å². The van der Waals surface area contributed by atoms with E-state index < -0.39 is 0 Å². The van der Waals surface area contributed by atoms with Crippen molar-refractivity contribution < 1.29 is 9.90 Å². The average Bonchev–Trinajstić information content (AvgIpc) is 2.52. The van der Waals surface area contributed by atoms with Crippen molar-refractivity contribution in [2.75, 3.05) is 6.61 Å². The first-order valence-electron chi connectivity index (χ1n) is 6.59. The molecule has 0 saturated heterocycles. The molecule has 0 aliphatic carbocycles. The zero-order valence-electron chi connectivity index (χ0n) is 11.8. The van der Waals surface area contributed by atoms with Crippen LogP contribution in [0.5, 0.6) is 0 Å². The van der Waals surface area contributed by atoms with E-state index in [1.54, 1.807) is 30.6 Å². The normalized spacial score (nSPS) is 9.62. The maximum Gasteiger partial charge on any atom is 0.252 e. The first kappa shape index (κ1) is 14.8. The standard InChI is InChI=1S/C17H16N2O2/c1-13-8-9-18-11-15(13)12-19-17(21)16-7-3-2-5-14(16)6-4-10-20/h2-3,5,7-9,11,20H,10,12H2,1H3,(H,19,21). The van der Waals surface area contributed by atoms with Crippen LogP contribution in [0.1, 0.15) is 27.0 Å². The van der Waals surface area contributed by atoms with Crippen LogP contribution in [0.15, 0.2) is 42.7 Å². The summed E-state index contributed by atoms with van der Waals surface area (Å²) >= 11 is 0. The van der Waals surface area contributed by atoms with E-state index in [0.29, 0.717) is 17.7 Å². The predicted octanol–water partition coefficient (Wildman–Crippen LogP) is 1.66. The minimum absolute atomic E-state index is 0.193. The largest absolute Gasteiger partial charge is 0.384 e. The van der Waals surface area contributed by atoms with Gasteiger partial charge >= 0.3 is 0 Å². The molecule has 106 valence electrons. The van der Waals surface area contributed by atoms with Gasteiger partial charge in [0.05, 0.1) is 5.56 Å². The van der Waals surface area contributed by atoms with E-state index in [9.17, 15) is 4.79 Å². The third-order valence-corrected chi connectivity index (χ3v) is 3.06. The number of hydrogen-bond donors (Lipinski definition) is 2. The van der Waals surface area contributed by atoms with Gasteiger partial charge in [-0.15, -0.1) is 0 Å². The van der Waals surface area contributed by atoms with Gasteiger partial charge in [0.25, 0.3) is 5.91 Å². The summed E-state index contributed by atoms with van der Waals surface area (Å²) in [6, 6.07) is 8.97. The Morgan fingerprint density at radius 1 is 1.33 bits per heavy atom. The van der Waals surface area contributed by atoms with Crippen LogP contribution < -0.4 is 5.32 Å². The van der Waals surface area contributed by atoms with Gasteiger partial charge < -0.3 is 10.4 Å². The summed E-state index contributed by atoms with van der Waals surface area (Å²) in [6.45, 7) is 2.16. The monoisotopic (exact) mass is 280 g/mol. The molecule has 4 heteroatoms. The molecule has 0 spiro atoms. The number of carbonyl (C=O) groups excluding carboxylic acids is 1. The zero-order valence-corrected chi connectivity index (χ0v) is 11.8. The molecule has 0 fully saturated rings. The van der Waals surface area contributed by atoms with Crippen LogP contribution >= 0.6 is 0 Å². The van der Waals surface area contributed by atoms with E-state index in [1.165, 1.54) is 0 Å². The molecule has 1 heterocycles. The zero-order chi connectivity index (χ0) is 15.1. The van der Waals surface area contributed by atoms with Crippen molar-refractivity contribution >= 4 is 5.91 Å². The highest BCUT2D eigenvalue weighted by Crippen LogP contribution is 2.09. The number of nitrogens with zero attached hydrogens (tertiary/aromatic N) is 1. The number of pyridine rings is 1. The highest BCUT2D eigenvalue weighted by Gasteiger charge is 2.09. The molecule has 0 saturated carbocycles. The lowest BCUT2D eigenvalue weighted by atomic mass is 10.1. The van der Waals surface area contributed by atoms with Gasteiger partial charge in [0.15, 0.2) is 0 Å². The molecule has 0 unspecified atom stereocenters. The molecule has 1 aromatic carbocycles. The molecule has 2 rings (SSSR count). The van der Waals surface area contributed by atoms with Crippen LogP contribution in [-0.4, -0.2) is 22.6 Å². The van der Waals surface area contributed by atoms with Gasteiger partial charge in [-0.05, 0) is 36.2 Å². The lowest BCUT2D eigenvalue weighted by Gasteiger charge is -2.08. The summed E-state index contributed by atoms with van der Waals surface area (Å²) in [5.74, 6) is 5.15. The second-order valence-electron chi connectivity index (χ2n) is 4.49. The van der Waals surface area contributed by atoms with Crippen LogP contribution in [0.25, 0.3) is 0 Å². The molecule has 4 nitrogen and oxygen atoms in total. The average molecular weight is 280 g/mol. The number of aliphatic hydroxyl groups excluding tert-OH is 1. The summed E-state index contributed by atoms with van der Waals surface area (Å²) in [6.07, 6.45) is 3.47. The molecule has 2 aromatic rings. The Morgan fingerprint density at radius 3 is 2.90 bits per heavy atom. The number of hydrogen-bond acceptors (Lipinski definition) is 3. The van der Waals surface area contributed by atoms with Gasteiger partial charge in [-0.3, -0.25) is 9.78 Å². The van der Waals surface area contributed by atoms with Crippen LogP contribution in [0.2, 0.25) is 0 Å². The maximum absolute atomic E-state index is 12.3. The Kier molecular flexibility index (Phi) is 5.08. The van der Waals surface area contributed by atoms with Crippen molar-refractivity contribution in [2.45, 2.75) is 13.5 Å². The predicted molar refractivity (Wildman–Crippen MR) is 80.6 cm³/mol. The number of nitrogens with one attached hydrogen (secondary N) is 1. The first-order valence-corrected chi connectivity index (χ1v) is 6.59. The van der Waals surface area contributed by atoms with Gasteiger partial charge in [0, 0.05) is 24.5 Å². The number of aliphatic hydroxyl groups is 1. The van der Waals surface area contributed by atoms with E-state index in [4.69, 9.17) is 5.11 Å². The Bertz CT molecular complexity index is 699. The van der Waals surface area contributed by atoms with Crippen molar-refractivity contribution in [3.05, 3.63) is 65.0 Å². The van der Waals surface area contributed by atoms with Crippen LogP contribution in [-0.2, 0) is 6.54 Å². The van der Waals surface area contributed by atoms with Crippen LogP contribution in [0.4, 0.5) is 0 Å². The number of aryl methyl sites for hydroxylation is 1. The lowest BCUT2D eigenvalue weighted by molar-refractivity contribution is 0.0950. The fourth-order valence-electron chi connectivity index (χ4n) is 1.88. The fraction of sp³-hybridized carbons (Fsp3) is 0.176. The Labute approximate surface area is 123 Å². The summed E-state index contributed by atoms with van der Waals surface area (Å²) in [4.78, 5) is 16.3. The maximum atomic E-state index is 12.3. The number of rotatable bonds is 3. The number of benzene rings is 1.